The van der Waals surface area contributed by atoms with Crippen LogP contribution in [-0.4, -0.2) is 24.7 Å². The fourth-order valence-electron chi connectivity index (χ4n) is 1.96. The molecule has 0 aliphatic carbocycles. The highest BCUT2D eigenvalue weighted by atomic mass is 16.5. The number of aryl methyl sites for hydroxylation is 1. The lowest BCUT2D eigenvalue weighted by atomic mass is 10.1. The molecule has 0 bridgehead atoms. The topological polar surface area (TPSA) is 58.6 Å². The average molecular weight is 285 g/mol. The van der Waals surface area contributed by atoms with Crippen molar-refractivity contribution in [1.82, 2.24) is 5.32 Å². The maximum atomic E-state index is 12.0. The van der Waals surface area contributed by atoms with Gasteiger partial charge in [0.1, 0.15) is 5.75 Å². The third-order valence-electron chi connectivity index (χ3n) is 3.25. The molecule has 110 valence electrons. The van der Waals surface area contributed by atoms with Gasteiger partial charge in [-0.05, 0) is 30.7 Å². The molecule has 0 saturated heterocycles. The Morgan fingerprint density at radius 3 is 2.62 bits per heavy atom. The standard InChI is InChI=1S/C17H19NO3/c1-12-6-8-13(9-7-12)16(19)11-18-17(20)14-4-3-5-15(10-14)21-2/h3-10,16,19H,11H2,1-2H3,(H,18,20). The Bertz CT molecular complexity index is 608. The van der Waals surface area contributed by atoms with Gasteiger partial charge < -0.3 is 15.2 Å². The third kappa shape index (κ3) is 4.07. The van der Waals surface area contributed by atoms with Crippen molar-refractivity contribution in [3.05, 3.63) is 65.2 Å². The zero-order valence-electron chi connectivity index (χ0n) is 12.2. The monoisotopic (exact) mass is 285 g/mol. The van der Waals surface area contributed by atoms with Crippen molar-refractivity contribution in [1.29, 1.82) is 0 Å². The van der Waals surface area contributed by atoms with E-state index in [9.17, 15) is 9.90 Å². The Balaban J connectivity index is 1.95. The molecule has 2 aromatic rings. The lowest BCUT2D eigenvalue weighted by Crippen LogP contribution is -2.28. The number of carbonyl (C=O) groups excluding carboxylic acids is 1. The van der Waals surface area contributed by atoms with E-state index in [0.29, 0.717) is 11.3 Å². The van der Waals surface area contributed by atoms with Crippen LogP contribution in [0.25, 0.3) is 0 Å². The van der Waals surface area contributed by atoms with Crippen molar-refractivity contribution < 1.29 is 14.6 Å². The predicted octanol–water partition coefficient (Wildman–Crippen LogP) is 2.47. The molecule has 1 unspecified atom stereocenters. The van der Waals surface area contributed by atoms with Crippen LogP contribution in [0, 0.1) is 6.92 Å². The normalized spacial score (nSPS) is 11.8. The minimum Gasteiger partial charge on any atom is -0.497 e. The van der Waals surface area contributed by atoms with E-state index in [-0.39, 0.29) is 12.5 Å². The van der Waals surface area contributed by atoms with Crippen LogP contribution in [0.5, 0.6) is 5.75 Å². The highest BCUT2D eigenvalue weighted by Gasteiger charge is 2.11. The summed E-state index contributed by atoms with van der Waals surface area (Å²) in [6.07, 6.45) is -0.722. The maximum absolute atomic E-state index is 12.0. The second-order valence-electron chi connectivity index (χ2n) is 4.87. The van der Waals surface area contributed by atoms with Crippen molar-refractivity contribution in [2.45, 2.75) is 13.0 Å². The summed E-state index contributed by atoms with van der Waals surface area (Å²) in [5.41, 5.74) is 2.42. The van der Waals surface area contributed by atoms with Crippen LogP contribution in [0.3, 0.4) is 0 Å². The van der Waals surface area contributed by atoms with Crippen LogP contribution in [-0.2, 0) is 0 Å². The minimum atomic E-state index is -0.722. The highest BCUT2D eigenvalue weighted by Crippen LogP contribution is 2.14. The van der Waals surface area contributed by atoms with Crippen LogP contribution in [0.1, 0.15) is 27.6 Å². The summed E-state index contributed by atoms with van der Waals surface area (Å²) in [4.78, 5) is 12.0. The van der Waals surface area contributed by atoms with E-state index in [1.807, 2.05) is 31.2 Å². The molecule has 1 atom stereocenters. The van der Waals surface area contributed by atoms with Gasteiger partial charge in [0.25, 0.3) is 5.91 Å². The molecule has 0 aliphatic rings. The number of amides is 1. The number of aliphatic hydroxyl groups is 1. The van der Waals surface area contributed by atoms with Crippen LogP contribution in [0.2, 0.25) is 0 Å². The number of rotatable bonds is 5. The van der Waals surface area contributed by atoms with Crippen molar-refractivity contribution in [3.8, 4) is 5.75 Å². The fourth-order valence-corrected chi connectivity index (χ4v) is 1.96. The second-order valence-corrected chi connectivity index (χ2v) is 4.87. The summed E-state index contributed by atoms with van der Waals surface area (Å²) in [5, 5.41) is 12.8. The van der Waals surface area contributed by atoms with Gasteiger partial charge >= 0.3 is 0 Å². The predicted molar refractivity (Wildman–Crippen MR) is 81.5 cm³/mol. The molecule has 2 N–H and O–H groups in total. The molecule has 0 fully saturated rings. The van der Waals surface area contributed by atoms with Crippen molar-refractivity contribution in [3.63, 3.8) is 0 Å². The molecule has 4 nitrogen and oxygen atoms in total. The molecule has 0 heterocycles. The molecule has 2 aromatic carbocycles. The van der Waals surface area contributed by atoms with Crippen molar-refractivity contribution >= 4 is 5.91 Å². The Morgan fingerprint density at radius 1 is 1.24 bits per heavy atom. The molecule has 0 spiro atoms. The number of hydrogen-bond donors (Lipinski definition) is 2. The molecule has 0 radical (unpaired) electrons. The molecule has 0 aromatic heterocycles. The van der Waals surface area contributed by atoms with Crippen molar-refractivity contribution in [2.75, 3.05) is 13.7 Å². The summed E-state index contributed by atoms with van der Waals surface area (Å²) >= 11 is 0. The van der Waals surface area contributed by atoms with Gasteiger partial charge in [0.2, 0.25) is 0 Å². The van der Waals surface area contributed by atoms with E-state index >= 15 is 0 Å². The minimum absolute atomic E-state index is 0.166. The molecule has 1 amide bonds. The zero-order valence-corrected chi connectivity index (χ0v) is 12.2. The second kappa shape index (κ2) is 6.90. The number of ether oxygens (including phenoxy) is 1. The van der Waals surface area contributed by atoms with Gasteiger partial charge in [0.15, 0.2) is 0 Å². The number of benzene rings is 2. The highest BCUT2D eigenvalue weighted by molar-refractivity contribution is 5.94. The smallest absolute Gasteiger partial charge is 0.251 e. The van der Waals surface area contributed by atoms with Crippen LogP contribution < -0.4 is 10.1 Å². The van der Waals surface area contributed by atoms with Gasteiger partial charge in [-0.1, -0.05) is 35.9 Å². The Labute approximate surface area is 124 Å². The maximum Gasteiger partial charge on any atom is 0.251 e. The third-order valence-corrected chi connectivity index (χ3v) is 3.25. The van der Waals surface area contributed by atoms with Gasteiger partial charge in [-0.25, -0.2) is 0 Å². The molecule has 0 saturated carbocycles. The number of aliphatic hydroxyl groups excluding tert-OH is 1. The van der Waals surface area contributed by atoms with Gasteiger partial charge in [-0.15, -0.1) is 0 Å². The number of carbonyl (C=O) groups is 1. The van der Waals surface area contributed by atoms with Crippen LogP contribution >= 0.6 is 0 Å². The molecule has 0 aliphatic heterocycles. The first-order chi connectivity index (χ1) is 10.1. The summed E-state index contributed by atoms with van der Waals surface area (Å²) in [6, 6.07) is 14.5. The summed E-state index contributed by atoms with van der Waals surface area (Å²) < 4.78 is 5.08. The first-order valence-electron chi connectivity index (χ1n) is 6.77. The van der Waals surface area contributed by atoms with Crippen molar-refractivity contribution in [2.24, 2.45) is 0 Å². The summed E-state index contributed by atoms with van der Waals surface area (Å²) in [5.74, 6) is 0.391. The van der Waals surface area contributed by atoms with Gasteiger partial charge in [-0.3, -0.25) is 4.79 Å². The first kappa shape index (κ1) is 15.1. The molecule has 4 heteroatoms. The number of nitrogens with one attached hydrogen (secondary N) is 1. The van der Waals surface area contributed by atoms with E-state index in [2.05, 4.69) is 5.32 Å². The Kier molecular flexibility index (Phi) is 4.95. The van der Waals surface area contributed by atoms with Gasteiger partial charge in [0.05, 0.1) is 13.2 Å². The molecule has 2 rings (SSSR count). The number of hydrogen-bond acceptors (Lipinski definition) is 3. The van der Waals surface area contributed by atoms with E-state index in [4.69, 9.17) is 4.74 Å². The Hall–Kier alpha value is -2.33. The van der Waals surface area contributed by atoms with Gasteiger partial charge in [-0.2, -0.15) is 0 Å². The van der Waals surface area contributed by atoms with Gasteiger partial charge in [0, 0.05) is 12.1 Å². The lowest BCUT2D eigenvalue weighted by Gasteiger charge is -2.13. The quantitative estimate of drug-likeness (QED) is 0.887. The summed E-state index contributed by atoms with van der Waals surface area (Å²) in [6.45, 7) is 2.15. The largest absolute Gasteiger partial charge is 0.497 e. The molecular formula is C17H19NO3. The zero-order chi connectivity index (χ0) is 15.2. The van der Waals surface area contributed by atoms with E-state index < -0.39 is 6.10 Å². The SMILES string of the molecule is COc1cccc(C(=O)NCC(O)c2ccc(C)cc2)c1. The fraction of sp³-hybridized carbons (Fsp3) is 0.235. The van der Waals surface area contributed by atoms with E-state index in [1.165, 1.54) is 0 Å². The summed E-state index contributed by atoms with van der Waals surface area (Å²) in [7, 11) is 1.55. The number of methoxy groups -OCH3 is 1. The average Bonchev–Trinajstić information content (AvgIpc) is 2.53. The molecule has 21 heavy (non-hydrogen) atoms. The molecular weight excluding hydrogens is 266 g/mol. The lowest BCUT2D eigenvalue weighted by molar-refractivity contribution is 0.0916. The van der Waals surface area contributed by atoms with Crippen LogP contribution in [0.4, 0.5) is 0 Å². The van der Waals surface area contributed by atoms with Crippen LogP contribution in [0.15, 0.2) is 48.5 Å². The van der Waals surface area contributed by atoms with E-state index in [0.717, 1.165) is 11.1 Å². The first-order valence-corrected chi connectivity index (χ1v) is 6.77. The Morgan fingerprint density at radius 2 is 1.95 bits per heavy atom. The van der Waals surface area contributed by atoms with E-state index in [1.54, 1.807) is 31.4 Å².